The molecule has 5 heteroatoms. The number of rotatable bonds is 6. The van der Waals surface area contributed by atoms with Gasteiger partial charge in [-0.3, -0.25) is 4.79 Å². The summed E-state index contributed by atoms with van der Waals surface area (Å²) in [6, 6.07) is 6.83. The number of carbonyl (C=O) groups is 2. The molecule has 1 aliphatic rings. The number of H-pyrrole nitrogens is 1. The highest BCUT2D eigenvalue weighted by Gasteiger charge is 2.23. The van der Waals surface area contributed by atoms with Crippen LogP contribution in [-0.2, 0) is 16.0 Å². The number of hydrogen-bond acceptors (Lipinski definition) is 2. The summed E-state index contributed by atoms with van der Waals surface area (Å²) < 4.78 is 0. The molecule has 1 amide bonds. The summed E-state index contributed by atoms with van der Waals surface area (Å²) in [7, 11) is 0. The number of benzene rings is 1. The van der Waals surface area contributed by atoms with Gasteiger partial charge < -0.3 is 15.4 Å². The molecule has 0 spiro atoms. The first-order valence-electron chi connectivity index (χ1n) is 7.87. The number of carboxylic acid groups (broad SMARTS) is 1. The molecule has 0 aliphatic heterocycles. The molecule has 0 bridgehead atoms. The lowest BCUT2D eigenvalue weighted by atomic mass is 10.0. The highest BCUT2D eigenvalue weighted by atomic mass is 16.4. The van der Waals surface area contributed by atoms with Crippen LogP contribution in [0.2, 0.25) is 0 Å². The monoisotopic (exact) mass is 312 g/mol. The average molecular weight is 312 g/mol. The Labute approximate surface area is 134 Å². The Morgan fingerprint density at radius 2 is 2.17 bits per heavy atom. The second kappa shape index (κ2) is 6.69. The molecule has 1 aromatic carbocycles. The quantitative estimate of drug-likeness (QED) is 0.717. The first-order chi connectivity index (χ1) is 11.1. The summed E-state index contributed by atoms with van der Waals surface area (Å²) in [5.74, 6) is -0.975. The predicted octanol–water partition coefficient (Wildman–Crippen LogP) is 2.64. The minimum absolute atomic E-state index is 0.200. The van der Waals surface area contributed by atoms with Gasteiger partial charge in [0, 0.05) is 29.9 Å². The smallest absolute Gasteiger partial charge is 0.326 e. The maximum absolute atomic E-state index is 12.1. The second-order valence-electron chi connectivity index (χ2n) is 5.99. The van der Waals surface area contributed by atoms with Gasteiger partial charge in [-0.05, 0) is 30.4 Å². The number of carbonyl (C=O) groups excluding carboxylic acids is 1. The van der Waals surface area contributed by atoms with Crippen LogP contribution in [0, 0.1) is 5.92 Å². The molecule has 120 valence electrons. The first kappa shape index (κ1) is 15.3. The van der Waals surface area contributed by atoms with E-state index >= 15 is 0 Å². The largest absolute Gasteiger partial charge is 0.480 e. The molecule has 1 heterocycles. The number of hydrogen-bond donors (Lipinski definition) is 3. The van der Waals surface area contributed by atoms with E-state index in [0.717, 1.165) is 29.3 Å². The van der Waals surface area contributed by atoms with E-state index in [4.69, 9.17) is 0 Å². The third kappa shape index (κ3) is 3.62. The van der Waals surface area contributed by atoms with E-state index in [1.807, 2.05) is 36.5 Å². The molecule has 2 aromatic rings. The molecule has 0 radical (unpaired) electrons. The van der Waals surface area contributed by atoms with Gasteiger partial charge >= 0.3 is 5.97 Å². The summed E-state index contributed by atoms with van der Waals surface area (Å²) in [6.45, 7) is 0. The van der Waals surface area contributed by atoms with Crippen molar-refractivity contribution in [2.24, 2.45) is 5.92 Å². The number of fused-ring (bicyclic) bond motifs is 1. The highest BCUT2D eigenvalue weighted by molar-refractivity contribution is 5.86. The Kier molecular flexibility index (Phi) is 4.46. The molecule has 2 atom stereocenters. The molecule has 3 rings (SSSR count). The number of allylic oxidation sites excluding steroid dienone is 2. The van der Waals surface area contributed by atoms with Crippen molar-refractivity contribution in [1.82, 2.24) is 10.3 Å². The molecule has 5 nitrogen and oxygen atoms in total. The summed E-state index contributed by atoms with van der Waals surface area (Å²) in [5, 5.41) is 13.1. The van der Waals surface area contributed by atoms with Crippen molar-refractivity contribution in [3.05, 3.63) is 48.2 Å². The normalized spacial score (nSPS) is 18.2. The van der Waals surface area contributed by atoms with Crippen LogP contribution in [0.4, 0.5) is 0 Å². The van der Waals surface area contributed by atoms with Crippen molar-refractivity contribution < 1.29 is 14.7 Å². The van der Waals surface area contributed by atoms with Gasteiger partial charge in [0.1, 0.15) is 6.04 Å². The number of aromatic nitrogens is 1. The van der Waals surface area contributed by atoms with Crippen LogP contribution in [0.15, 0.2) is 42.6 Å². The van der Waals surface area contributed by atoms with Crippen LogP contribution >= 0.6 is 0 Å². The summed E-state index contributed by atoms with van der Waals surface area (Å²) in [4.78, 5) is 26.7. The van der Waals surface area contributed by atoms with Crippen molar-refractivity contribution in [3.8, 4) is 0 Å². The molecule has 23 heavy (non-hydrogen) atoms. The SMILES string of the molecule is O=C(CC1C=CCC1)NC(Cc1c[nH]c2ccccc12)C(=O)O. The van der Waals surface area contributed by atoms with Crippen molar-refractivity contribution in [2.45, 2.75) is 31.7 Å². The Balaban J connectivity index is 1.68. The molecule has 1 aromatic heterocycles. The number of carboxylic acids is 1. The molecule has 2 unspecified atom stereocenters. The Morgan fingerprint density at radius 1 is 1.35 bits per heavy atom. The molecular formula is C18H20N2O3. The second-order valence-corrected chi connectivity index (χ2v) is 5.99. The third-order valence-corrected chi connectivity index (χ3v) is 4.29. The van der Waals surface area contributed by atoms with E-state index in [1.165, 1.54) is 0 Å². The lowest BCUT2D eigenvalue weighted by Gasteiger charge is -2.15. The minimum atomic E-state index is -1.01. The van der Waals surface area contributed by atoms with Crippen LogP contribution in [0.1, 0.15) is 24.8 Å². The van der Waals surface area contributed by atoms with Crippen molar-refractivity contribution in [2.75, 3.05) is 0 Å². The fraction of sp³-hybridized carbons (Fsp3) is 0.333. The van der Waals surface area contributed by atoms with E-state index in [0.29, 0.717) is 6.42 Å². The Hall–Kier alpha value is -2.56. The number of amides is 1. The number of aliphatic carboxylic acids is 1. The number of para-hydroxylation sites is 1. The standard InChI is InChI=1S/C18H20N2O3/c21-17(9-12-5-1-2-6-12)20-16(18(22)23)10-13-11-19-15-8-4-3-7-14(13)15/h1,3-5,7-8,11-12,16,19H,2,6,9-10H2,(H,20,21)(H,22,23). The van der Waals surface area contributed by atoms with Crippen molar-refractivity contribution in [1.29, 1.82) is 0 Å². The summed E-state index contributed by atoms with van der Waals surface area (Å²) in [5.41, 5.74) is 1.86. The van der Waals surface area contributed by atoms with Crippen LogP contribution in [-0.4, -0.2) is 28.0 Å². The third-order valence-electron chi connectivity index (χ3n) is 4.29. The molecule has 0 fully saturated rings. The van der Waals surface area contributed by atoms with Crippen LogP contribution in [0.3, 0.4) is 0 Å². The lowest BCUT2D eigenvalue weighted by molar-refractivity contribution is -0.141. The van der Waals surface area contributed by atoms with Gasteiger partial charge in [0.15, 0.2) is 0 Å². The zero-order chi connectivity index (χ0) is 16.2. The van der Waals surface area contributed by atoms with Crippen LogP contribution in [0.25, 0.3) is 10.9 Å². The zero-order valence-electron chi connectivity index (χ0n) is 12.8. The predicted molar refractivity (Wildman–Crippen MR) is 88.1 cm³/mol. The van der Waals surface area contributed by atoms with Gasteiger partial charge in [-0.2, -0.15) is 0 Å². The average Bonchev–Trinajstić information content (AvgIpc) is 3.16. The van der Waals surface area contributed by atoms with Crippen LogP contribution in [0.5, 0.6) is 0 Å². The molecular weight excluding hydrogens is 292 g/mol. The van der Waals surface area contributed by atoms with Gasteiger partial charge in [0.2, 0.25) is 5.91 Å². The fourth-order valence-electron chi connectivity index (χ4n) is 3.08. The van der Waals surface area contributed by atoms with E-state index in [-0.39, 0.29) is 18.2 Å². The lowest BCUT2D eigenvalue weighted by Crippen LogP contribution is -2.42. The van der Waals surface area contributed by atoms with Crippen LogP contribution < -0.4 is 5.32 Å². The fourth-order valence-corrected chi connectivity index (χ4v) is 3.08. The molecule has 0 saturated carbocycles. The minimum Gasteiger partial charge on any atom is -0.480 e. The van der Waals surface area contributed by atoms with E-state index in [2.05, 4.69) is 16.4 Å². The highest BCUT2D eigenvalue weighted by Crippen LogP contribution is 2.21. The van der Waals surface area contributed by atoms with Gasteiger partial charge in [-0.25, -0.2) is 4.79 Å². The van der Waals surface area contributed by atoms with E-state index < -0.39 is 12.0 Å². The van der Waals surface area contributed by atoms with Gasteiger partial charge in [-0.1, -0.05) is 30.4 Å². The Bertz CT molecular complexity index is 748. The van der Waals surface area contributed by atoms with Gasteiger partial charge in [0.05, 0.1) is 0 Å². The summed E-state index contributed by atoms with van der Waals surface area (Å²) in [6.07, 6.45) is 8.50. The topological polar surface area (TPSA) is 82.2 Å². The van der Waals surface area contributed by atoms with Crippen molar-refractivity contribution >= 4 is 22.8 Å². The maximum Gasteiger partial charge on any atom is 0.326 e. The van der Waals surface area contributed by atoms with Gasteiger partial charge in [-0.15, -0.1) is 0 Å². The Morgan fingerprint density at radius 3 is 2.91 bits per heavy atom. The van der Waals surface area contributed by atoms with Crippen molar-refractivity contribution in [3.63, 3.8) is 0 Å². The van der Waals surface area contributed by atoms with E-state index in [9.17, 15) is 14.7 Å². The molecule has 1 aliphatic carbocycles. The molecule has 3 N–H and O–H groups in total. The first-order valence-corrected chi connectivity index (χ1v) is 7.87. The van der Waals surface area contributed by atoms with E-state index in [1.54, 1.807) is 0 Å². The molecule has 0 saturated heterocycles. The zero-order valence-corrected chi connectivity index (χ0v) is 12.8. The maximum atomic E-state index is 12.1. The number of aromatic amines is 1. The number of nitrogens with one attached hydrogen (secondary N) is 2. The summed E-state index contributed by atoms with van der Waals surface area (Å²) >= 11 is 0. The van der Waals surface area contributed by atoms with Gasteiger partial charge in [0.25, 0.3) is 0 Å².